The van der Waals surface area contributed by atoms with Gasteiger partial charge in [-0.3, -0.25) is 0 Å². The molecule has 12 heavy (non-hydrogen) atoms. The Bertz CT molecular complexity index is 141. The Kier molecular flexibility index (Phi) is 2.66. The van der Waals surface area contributed by atoms with Gasteiger partial charge in [0.25, 0.3) is 0 Å². The van der Waals surface area contributed by atoms with Gasteiger partial charge in [-0.25, -0.2) is 0 Å². The van der Waals surface area contributed by atoms with Crippen molar-refractivity contribution in [2.24, 2.45) is 5.92 Å². The summed E-state index contributed by atoms with van der Waals surface area (Å²) in [5.41, 5.74) is 0. The third-order valence-corrected chi connectivity index (χ3v) is 2.88. The molecule has 70 valence electrons. The molecule has 2 fully saturated rings. The van der Waals surface area contributed by atoms with E-state index in [1.54, 1.807) is 0 Å². The SMILES string of the molecule is CC1OC1OCC1CCCCC1. The Morgan fingerprint density at radius 1 is 1.25 bits per heavy atom. The fourth-order valence-corrected chi connectivity index (χ4v) is 1.93. The van der Waals surface area contributed by atoms with E-state index in [0.29, 0.717) is 6.10 Å². The van der Waals surface area contributed by atoms with Crippen molar-refractivity contribution >= 4 is 0 Å². The van der Waals surface area contributed by atoms with Crippen LogP contribution < -0.4 is 0 Å². The minimum Gasteiger partial charge on any atom is -0.350 e. The van der Waals surface area contributed by atoms with E-state index in [-0.39, 0.29) is 6.29 Å². The molecule has 1 aliphatic carbocycles. The van der Waals surface area contributed by atoms with E-state index in [0.717, 1.165) is 12.5 Å². The van der Waals surface area contributed by atoms with Gasteiger partial charge in [0.05, 0.1) is 6.61 Å². The van der Waals surface area contributed by atoms with E-state index in [1.807, 2.05) is 0 Å². The second kappa shape index (κ2) is 3.75. The highest BCUT2D eigenvalue weighted by Gasteiger charge is 2.35. The third kappa shape index (κ3) is 2.20. The maximum absolute atomic E-state index is 5.58. The van der Waals surface area contributed by atoms with Crippen molar-refractivity contribution in [3.8, 4) is 0 Å². The Labute approximate surface area is 74.2 Å². The summed E-state index contributed by atoms with van der Waals surface area (Å²) < 4.78 is 10.8. The van der Waals surface area contributed by atoms with Gasteiger partial charge < -0.3 is 9.47 Å². The zero-order valence-corrected chi connectivity index (χ0v) is 7.79. The molecule has 0 radical (unpaired) electrons. The standard InChI is InChI=1S/C10H18O2/c1-8-10(12-8)11-7-9-5-3-2-4-6-9/h8-10H,2-7H2,1H3. The van der Waals surface area contributed by atoms with Crippen LogP contribution in [0.2, 0.25) is 0 Å². The first kappa shape index (κ1) is 8.52. The van der Waals surface area contributed by atoms with E-state index in [2.05, 4.69) is 6.92 Å². The van der Waals surface area contributed by atoms with E-state index >= 15 is 0 Å². The average molecular weight is 170 g/mol. The molecule has 2 atom stereocenters. The van der Waals surface area contributed by atoms with Crippen LogP contribution in [0.5, 0.6) is 0 Å². The monoisotopic (exact) mass is 170 g/mol. The first-order chi connectivity index (χ1) is 5.86. The van der Waals surface area contributed by atoms with Crippen molar-refractivity contribution in [1.82, 2.24) is 0 Å². The second-order valence-corrected chi connectivity index (χ2v) is 4.05. The largest absolute Gasteiger partial charge is 0.350 e. The maximum atomic E-state index is 5.58. The summed E-state index contributed by atoms with van der Waals surface area (Å²) in [6.07, 6.45) is 7.43. The lowest BCUT2D eigenvalue weighted by molar-refractivity contribution is 0.0200. The van der Waals surface area contributed by atoms with Gasteiger partial charge >= 0.3 is 0 Å². The summed E-state index contributed by atoms with van der Waals surface area (Å²) >= 11 is 0. The smallest absolute Gasteiger partial charge is 0.184 e. The number of rotatable bonds is 3. The number of ether oxygens (including phenoxy) is 2. The van der Waals surface area contributed by atoms with Crippen molar-refractivity contribution in [3.63, 3.8) is 0 Å². The predicted octanol–water partition coefficient (Wildman–Crippen LogP) is 2.33. The van der Waals surface area contributed by atoms with Gasteiger partial charge in [-0.15, -0.1) is 0 Å². The molecule has 1 aliphatic heterocycles. The normalized spacial score (nSPS) is 36.8. The van der Waals surface area contributed by atoms with E-state index < -0.39 is 0 Å². The lowest BCUT2D eigenvalue weighted by atomic mass is 9.90. The predicted molar refractivity (Wildman–Crippen MR) is 46.9 cm³/mol. The first-order valence-corrected chi connectivity index (χ1v) is 5.13. The summed E-state index contributed by atoms with van der Waals surface area (Å²) in [5, 5.41) is 0. The molecule has 0 N–H and O–H groups in total. The van der Waals surface area contributed by atoms with Gasteiger partial charge in [0.2, 0.25) is 0 Å². The number of hydrogen-bond acceptors (Lipinski definition) is 2. The Morgan fingerprint density at radius 3 is 2.50 bits per heavy atom. The molecule has 1 saturated carbocycles. The molecular weight excluding hydrogens is 152 g/mol. The van der Waals surface area contributed by atoms with Gasteiger partial charge in [-0.2, -0.15) is 0 Å². The topological polar surface area (TPSA) is 21.8 Å². The van der Waals surface area contributed by atoms with Crippen molar-refractivity contribution < 1.29 is 9.47 Å². The van der Waals surface area contributed by atoms with Gasteiger partial charge in [0, 0.05) is 0 Å². The molecule has 1 heterocycles. The maximum Gasteiger partial charge on any atom is 0.184 e. The van der Waals surface area contributed by atoms with Crippen LogP contribution in [0.1, 0.15) is 39.0 Å². The molecule has 0 amide bonds. The quantitative estimate of drug-likeness (QED) is 0.606. The Morgan fingerprint density at radius 2 is 1.92 bits per heavy atom. The average Bonchev–Trinajstić information content (AvgIpc) is 2.81. The number of epoxide rings is 1. The minimum absolute atomic E-state index is 0.131. The van der Waals surface area contributed by atoms with Crippen LogP contribution in [-0.2, 0) is 9.47 Å². The molecule has 0 aromatic rings. The summed E-state index contributed by atoms with van der Waals surface area (Å²) in [6, 6.07) is 0. The Hall–Kier alpha value is -0.0800. The molecule has 2 rings (SSSR count). The van der Waals surface area contributed by atoms with E-state index in [9.17, 15) is 0 Å². The minimum atomic E-state index is 0.131. The molecule has 0 bridgehead atoms. The molecule has 0 spiro atoms. The second-order valence-electron chi connectivity index (χ2n) is 4.05. The molecule has 0 aromatic heterocycles. The van der Waals surface area contributed by atoms with Crippen LogP contribution in [0.25, 0.3) is 0 Å². The molecule has 2 aliphatic rings. The zero-order valence-electron chi connectivity index (χ0n) is 7.79. The van der Waals surface area contributed by atoms with Crippen LogP contribution in [-0.4, -0.2) is 19.0 Å². The fourth-order valence-electron chi connectivity index (χ4n) is 1.93. The summed E-state index contributed by atoms with van der Waals surface area (Å²) in [4.78, 5) is 0. The van der Waals surface area contributed by atoms with Gasteiger partial charge in [-0.05, 0) is 25.7 Å². The number of hydrogen-bond donors (Lipinski definition) is 0. The highest BCUT2D eigenvalue weighted by atomic mass is 16.8. The zero-order chi connectivity index (χ0) is 8.39. The van der Waals surface area contributed by atoms with Crippen LogP contribution in [0, 0.1) is 5.92 Å². The molecule has 1 saturated heterocycles. The molecular formula is C10H18O2. The van der Waals surface area contributed by atoms with Crippen molar-refractivity contribution in [2.45, 2.75) is 51.4 Å². The van der Waals surface area contributed by atoms with Gasteiger partial charge in [0.1, 0.15) is 6.10 Å². The van der Waals surface area contributed by atoms with E-state index in [4.69, 9.17) is 9.47 Å². The molecule has 2 nitrogen and oxygen atoms in total. The lowest BCUT2D eigenvalue weighted by Crippen LogP contribution is -2.14. The summed E-state index contributed by atoms with van der Waals surface area (Å²) in [7, 11) is 0. The fraction of sp³-hybridized carbons (Fsp3) is 1.00. The molecule has 0 aromatic carbocycles. The van der Waals surface area contributed by atoms with Crippen LogP contribution in [0.4, 0.5) is 0 Å². The molecule has 2 heteroatoms. The van der Waals surface area contributed by atoms with Crippen molar-refractivity contribution in [2.75, 3.05) is 6.61 Å². The highest BCUT2D eigenvalue weighted by Crippen LogP contribution is 2.27. The van der Waals surface area contributed by atoms with Crippen LogP contribution >= 0.6 is 0 Å². The third-order valence-electron chi connectivity index (χ3n) is 2.88. The first-order valence-electron chi connectivity index (χ1n) is 5.13. The summed E-state index contributed by atoms with van der Waals surface area (Å²) in [6.45, 7) is 2.99. The van der Waals surface area contributed by atoms with Crippen LogP contribution in [0.15, 0.2) is 0 Å². The van der Waals surface area contributed by atoms with Gasteiger partial charge in [0.15, 0.2) is 6.29 Å². The van der Waals surface area contributed by atoms with E-state index in [1.165, 1.54) is 32.1 Å². The van der Waals surface area contributed by atoms with Crippen LogP contribution in [0.3, 0.4) is 0 Å². The highest BCUT2D eigenvalue weighted by molar-refractivity contribution is 4.72. The summed E-state index contributed by atoms with van der Waals surface area (Å²) in [5.74, 6) is 0.815. The Balaban J connectivity index is 1.59. The van der Waals surface area contributed by atoms with Crippen molar-refractivity contribution in [1.29, 1.82) is 0 Å². The van der Waals surface area contributed by atoms with Gasteiger partial charge in [-0.1, -0.05) is 19.3 Å². The van der Waals surface area contributed by atoms with Crippen molar-refractivity contribution in [3.05, 3.63) is 0 Å². The lowest BCUT2D eigenvalue weighted by Gasteiger charge is -2.20. The molecule has 2 unspecified atom stereocenters.